The highest BCUT2D eigenvalue weighted by Gasteiger charge is 2.40. The van der Waals surface area contributed by atoms with E-state index >= 15 is 0 Å². The third-order valence-electron chi connectivity index (χ3n) is 2.11. The second-order valence-electron chi connectivity index (χ2n) is 3.50. The number of alkyl halides is 3. The molecule has 0 unspecified atom stereocenters. The van der Waals surface area contributed by atoms with Gasteiger partial charge in [0, 0.05) is 13.1 Å². The summed E-state index contributed by atoms with van der Waals surface area (Å²) in [4.78, 5) is 8.90. The first-order valence-corrected chi connectivity index (χ1v) is 4.58. The molecule has 1 spiro atoms. The van der Waals surface area contributed by atoms with Gasteiger partial charge in [-0.15, -0.1) is 0 Å². The molecule has 16 heavy (non-hydrogen) atoms. The molecule has 0 aliphatic carbocycles. The van der Waals surface area contributed by atoms with Gasteiger partial charge in [0.2, 0.25) is 0 Å². The van der Waals surface area contributed by atoms with Gasteiger partial charge in [-0.3, -0.25) is 0 Å². The molecule has 2 saturated heterocycles. The number of halogens is 3. The van der Waals surface area contributed by atoms with E-state index in [1.165, 1.54) is 0 Å². The molecule has 0 aromatic rings. The third kappa shape index (κ3) is 3.62. The SMILES string of the molecule is C1COC2(CN1)COC2.O=C(O)C(F)(F)F. The maximum Gasteiger partial charge on any atom is 0.490 e. The lowest BCUT2D eigenvalue weighted by atomic mass is 10.0. The first-order valence-electron chi connectivity index (χ1n) is 4.58. The Morgan fingerprint density at radius 2 is 1.94 bits per heavy atom. The van der Waals surface area contributed by atoms with Crippen molar-refractivity contribution in [1.29, 1.82) is 0 Å². The number of carbonyl (C=O) groups is 1. The van der Waals surface area contributed by atoms with Crippen molar-refractivity contribution >= 4 is 5.97 Å². The zero-order valence-corrected chi connectivity index (χ0v) is 8.34. The molecular formula is C8H12F3NO4. The lowest BCUT2D eigenvalue weighted by Crippen LogP contribution is -2.61. The Hall–Kier alpha value is -0.860. The number of rotatable bonds is 0. The molecular weight excluding hydrogens is 231 g/mol. The van der Waals surface area contributed by atoms with Crippen LogP contribution in [-0.2, 0) is 14.3 Å². The van der Waals surface area contributed by atoms with Gasteiger partial charge in [-0.25, -0.2) is 4.79 Å². The lowest BCUT2D eigenvalue weighted by Gasteiger charge is -2.43. The molecule has 0 saturated carbocycles. The van der Waals surface area contributed by atoms with E-state index in [1.807, 2.05) is 0 Å². The maximum atomic E-state index is 10.6. The maximum absolute atomic E-state index is 10.6. The average Bonchev–Trinajstić information content (AvgIpc) is 2.16. The molecule has 0 radical (unpaired) electrons. The number of aliphatic carboxylic acids is 1. The Labute approximate surface area is 89.5 Å². The van der Waals surface area contributed by atoms with Crippen molar-refractivity contribution in [3.05, 3.63) is 0 Å². The Balaban J connectivity index is 0.000000168. The van der Waals surface area contributed by atoms with E-state index in [2.05, 4.69) is 5.32 Å². The number of hydrogen-bond donors (Lipinski definition) is 2. The second-order valence-corrected chi connectivity index (χ2v) is 3.50. The highest BCUT2D eigenvalue weighted by Crippen LogP contribution is 2.22. The molecule has 5 nitrogen and oxygen atoms in total. The fourth-order valence-electron chi connectivity index (χ4n) is 1.22. The molecule has 2 rings (SSSR count). The number of ether oxygens (including phenoxy) is 2. The van der Waals surface area contributed by atoms with Gasteiger partial charge in [0.05, 0.1) is 19.8 Å². The summed E-state index contributed by atoms with van der Waals surface area (Å²) in [6.45, 7) is 4.35. The standard InChI is InChI=1S/C6H11NO2.C2HF3O2/c1-2-9-6(3-7-1)4-8-5-6;3-2(4,5)1(6)7/h7H,1-5H2;(H,6,7). The summed E-state index contributed by atoms with van der Waals surface area (Å²) in [5.41, 5.74) is 0.0677. The minimum atomic E-state index is -5.08. The van der Waals surface area contributed by atoms with Crippen LogP contribution >= 0.6 is 0 Å². The summed E-state index contributed by atoms with van der Waals surface area (Å²) in [7, 11) is 0. The number of hydrogen-bond acceptors (Lipinski definition) is 4. The molecule has 8 heteroatoms. The molecule has 0 atom stereocenters. The summed E-state index contributed by atoms with van der Waals surface area (Å²) < 4.78 is 42.3. The fourth-order valence-corrected chi connectivity index (χ4v) is 1.22. The van der Waals surface area contributed by atoms with E-state index in [4.69, 9.17) is 19.4 Å². The molecule has 94 valence electrons. The highest BCUT2D eigenvalue weighted by molar-refractivity contribution is 5.73. The van der Waals surface area contributed by atoms with Crippen LogP contribution in [0.3, 0.4) is 0 Å². The van der Waals surface area contributed by atoms with E-state index in [0.717, 1.165) is 32.9 Å². The van der Waals surface area contributed by atoms with Crippen LogP contribution in [0.15, 0.2) is 0 Å². The van der Waals surface area contributed by atoms with E-state index in [9.17, 15) is 13.2 Å². The van der Waals surface area contributed by atoms with E-state index in [-0.39, 0.29) is 5.60 Å². The topological polar surface area (TPSA) is 67.8 Å². The largest absolute Gasteiger partial charge is 0.490 e. The zero-order valence-electron chi connectivity index (χ0n) is 8.34. The van der Waals surface area contributed by atoms with Crippen molar-refractivity contribution in [3.63, 3.8) is 0 Å². The Bertz CT molecular complexity index is 244. The van der Waals surface area contributed by atoms with Gasteiger partial charge in [-0.05, 0) is 0 Å². The normalized spacial score (nSPS) is 22.9. The molecule has 0 amide bonds. The predicted molar refractivity (Wildman–Crippen MR) is 46.1 cm³/mol. The van der Waals surface area contributed by atoms with Crippen LogP contribution in [0.5, 0.6) is 0 Å². The van der Waals surface area contributed by atoms with Crippen LogP contribution in [0.4, 0.5) is 13.2 Å². The van der Waals surface area contributed by atoms with Crippen molar-refractivity contribution in [2.45, 2.75) is 11.8 Å². The van der Waals surface area contributed by atoms with Gasteiger partial charge in [0.15, 0.2) is 0 Å². The average molecular weight is 243 g/mol. The first kappa shape index (κ1) is 13.2. The van der Waals surface area contributed by atoms with Crippen LogP contribution in [0.25, 0.3) is 0 Å². The van der Waals surface area contributed by atoms with Crippen molar-refractivity contribution in [2.75, 3.05) is 32.9 Å². The van der Waals surface area contributed by atoms with Crippen LogP contribution in [0.2, 0.25) is 0 Å². The first-order chi connectivity index (χ1) is 7.36. The van der Waals surface area contributed by atoms with Gasteiger partial charge in [-0.1, -0.05) is 0 Å². The van der Waals surface area contributed by atoms with E-state index in [1.54, 1.807) is 0 Å². The van der Waals surface area contributed by atoms with Crippen molar-refractivity contribution in [1.82, 2.24) is 5.32 Å². The second kappa shape index (κ2) is 4.98. The molecule has 0 bridgehead atoms. The van der Waals surface area contributed by atoms with Gasteiger partial charge >= 0.3 is 12.1 Å². The van der Waals surface area contributed by atoms with Gasteiger partial charge in [0.1, 0.15) is 5.60 Å². The van der Waals surface area contributed by atoms with Crippen molar-refractivity contribution in [3.8, 4) is 0 Å². The van der Waals surface area contributed by atoms with E-state index in [0.29, 0.717) is 0 Å². The molecule has 0 aromatic heterocycles. The number of carboxylic acid groups (broad SMARTS) is 1. The summed E-state index contributed by atoms with van der Waals surface area (Å²) in [6, 6.07) is 0. The predicted octanol–water partition coefficient (Wildman–Crippen LogP) is 0.00850. The third-order valence-corrected chi connectivity index (χ3v) is 2.11. The smallest absolute Gasteiger partial charge is 0.475 e. The number of nitrogens with one attached hydrogen (secondary N) is 1. The number of carboxylic acids is 1. The minimum Gasteiger partial charge on any atom is -0.475 e. The summed E-state index contributed by atoms with van der Waals surface area (Å²) in [6.07, 6.45) is -5.08. The molecule has 2 aliphatic rings. The van der Waals surface area contributed by atoms with Crippen LogP contribution in [0.1, 0.15) is 0 Å². The van der Waals surface area contributed by atoms with Crippen molar-refractivity contribution in [2.24, 2.45) is 0 Å². The Morgan fingerprint density at radius 3 is 2.12 bits per heavy atom. The molecule has 2 fully saturated rings. The van der Waals surface area contributed by atoms with Gasteiger partial charge in [0.25, 0.3) is 0 Å². The molecule has 2 aliphatic heterocycles. The van der Waals surface area contributed by atoms with Crippen LogP contribution in [0, 0.1) is 0 Å². The minimum absolute atomic E-state index is 0.0677. The fraction of sp³-hybridized carbons (Fsp3) is 0.875. The van der Waals surface area contributed by atoms with E-state index < -0.39 is 12.1 Å². The van der Waals surface area contributed by atoms with Gasteiger partial charge < -0.3 is 19.9 Å². The summed E-state index contributed by atoms with van der Waals surface area (Å²) in [5, 5.41) is 10.4. The summed E-state index contributed by atoms with van der Waals surface area (Å²) in [5.74, 6) is -2.76. The quantitative estimate of drug-likeness (QED) is 0.627. The lowest BCUT2D eigenvalue weighted by molar-refractivity contribution is -0.217. The zero-order chi connectivity index (χ0) is 12.2. The van der Waals surface area contributed by atoms with Crippen LogP contribution in [-0.4, -0.2) is 55.8 Å². The Morgan fingerprint density at radius 1 is 1.38 bits per heavy atom. The molecule has 2 N–H and O–H groups in total. The Kier molecular flexibility index (Phi) is 4.11. The van der Waals surface area contributed by atoms with Crippen molar-refractivity contribution < 1.29 is 32.5 Å². The van der Waals surface area contributed by atoms with Crippen LogP contribution < -0.4 is 5.32 Å². The highest BCUT2D eigenvalue weighted by atomic mass is 19.4. The molecule has 2 heterocycles. The van der Waals surface area contributed by atoms with Gasteiger partial charge in [-0.2, -0.15) is 13.2 Å². The molecule has 0 aromatic carbocycles. The summed E-state index contributed by atoms with van der Waals surface area (Å²) >= 11 is 0. The number of morpholine rings is 1. The monoisotopic (exact) mass is 243 g/mol.